The van der Waals surface area contributed by atoms with Crippen LogP contribution in [0.5, 0.6) is 0 Å². The molecule has 2 rings (SSSR count). The minimum atomic E-state index is 0.917. The van der Waals surface area contributed by atoms with Crippen molar-refractivity contribution in [3.8, 4) is 0 Å². The molecule has 0 unspecified atom stereocenters. The summed E-state index contributed by atoms with van der Waals surface area (Å²) in [6.45, 7) is 2.92. The number of aryl methyl sites for hydroxylation is 3. The van der Waals surface area contributed by atoms with Crippen LogP contribution < -0.4 is 5.32 Å². The van der Waals surface area contributed by atoms with Gasteiger partial charge >= 0.3 is 0 Å². The Bertz CT molecular complexity index is 419. The van der Waals surface area contributed by atoms with E-state index in [-0.39, 0.29) is 0 Å². The highest BCUT2D eigenvalue weighted by Gasteiger charge is 2.03. The van der Waals surface area contributed by atoms with Crippen molar-refractivity contribution in [1.29, 1.82) is 0 Å². The molecule has 0 saturated heterocycles. The predicted octanol–water partition coefficient (Wildman–Crippen LogP) is 1.93. The van der Waals surface area contributed by atoms with Crippen LogP contribution in [0.2, 0.25) is 0 Å². The summed E-state index contributed by atoms with van der Waals surface area (Å²) in [5.41, 5.74) is 4.05. The van der Waals surface area contributed by atoms with Gasteiger partial charge in [0.2, 0.25) is 5.95 Å². The molecule has 0 spiro atoms. The van der Waals surface area contributed by atoms with E-state index in [0.29, 0.717) is 0 Å². The van der Waals surface area contributed by atoms with Gasteiger partial charge in [-0.05, 0) is 6.92 Å². The van der Waals surface area contributed by atoms with Gasteiger partial charge in [0.25, 0.3) is 0 Å². The molecule has 0 aliphatic rings. The third-order valence-corrected chi connectivity index (χ3v) is 2.85. The van der Waals surface area contributed by atoms with Crippen molar-refractivity contribution in [3.63, 3.8) is 0 Å². The van der Waals surface area contributed by atoms with E-state index in [9.17, 15) is 0 Å². The van der Waals surface area contributed by atoms with Crippen LogP contribution in [-0.4, -0.2) is 21.6 Å². The molecule has 0 aliphatic heterocycles. The monoisotopic (exact) mass is 222 g/mol. The first kappa shape index (κ1) is 10.2. The van der Waals surface area contributed by atoms with Crippen LogP contribution >= 0.6 is 11.3 Å². The van der Waals surface area contributed by atoms with Crippen molar-refractivity contribution in [1.82, 2.24) is 14.5 Å². The van der Waals surface area contributed by atoms with Gasteiger partial charge in [-0.2, -0.15) is 0 Å². The number of aromatic nitrogens is 3. The van der Waals surface area contributed by atoms with Gasteiger partial charge in [-0.15, -0.1) is 11.3 Å². The second-order valence-corrected chi connectivity index (χ2v) is 4.10. The highest BCUT2D eigenvalue weighted by molar-refractivity contribution is 7.07. The van der Waals surface area contributed by atoms with Gasteiger partial charge in [0.1, 0.15) is 0 Å². The largest absolute Gasteiger partial charge is 0.359 e. The summed E-state index contributed by atoms with van der Waals surface area (Å²) in [5.74, 6) is 0.919. The SMILES string of the molecule is CNc1nc(C)cn1CCc1cscn1. The molecule has 0 aliphatic carbocycles. The average Bonchev–Trinajstić information content (AvgIpc) is 2.83. The lowest BCUT2D eigenvalue weighted by Crippen LogP contribution is -2.05. The lowest BCUT2D eigenvalue weighted by Gasteiger charge is -2.04. The van der Waals surface area contributed by atoms with Gasteiger partial charge in [-0.25, -0.2) is 9.97 Å². The summed E-state index contributed by atoms with van der Waals surface area (Å²) in [7, 11) is 1.89. The minimum absolute atomic E-state index is 0.917. The zero-order valence-corrected chi connectivity index (χ0v) is 9.71. The maximum Gasteiger partial charge on any atom is 0.202 e. The predicted molar refractivity (Wildman–Crippen MR) is 62.3 cm³/mol. The van der Waals surface area contributed by atoms with Crippen LogP contribution in [0.25, 0.3) is 0 Å². The van der Waals surface area contributed by atoms with Gasteiger partial charge in [0.05, 0.1) is 16.9 Å². The Morgan fingerprint density at radius 2 is 2.40 bits per heavy atom. The highest BCUT2D eigenvalue weighted by atomic mass is 32.1. The van der Waals surface area contributed by atoms with Crippen LogP contribution in [0, 0.1) is 6.92 Å². The molecule has 0 amide bonds. The topological polar surface area (TPSA) is 42.7 Å². The van der Waals surface area contributed by atoms with Crippen LogP contribution in [0.1, 0.15) is 11.4 Å². The lowest BCUT2D eigenvalue weighted by molar-refractivity contribution is 0.694. The molecule has 0 bridgehead atoms. The van der Waals surface area contributed by atoms with Crippen molar-refractivity contribution in [2.75, 3.05) is 12.4 Å². The Hall–Kier alpha value is -1.36. The Morgan fingerprint density at radius 3 is 3.07 bits per heavy atom. The van der Waals surface area contributed by atoms with Crippen molar-refractivity contribution in [2.45, 2.75) is 19.9 Å². The molecular formula is C10H14N4S. The van der Waals surface area contributed by atoms with Gasteiger partial charge in [-0.1, -0.05) is 0 Å². The maximum absolute atomic E-state index is 4.36. The zero-order chi connectivity index (χ0) is 10.7. The van der Waals surface area contributed by atoms with Crippen molar-refractivity contribution in [2.24, 2.45) is 0 Å². The molecule has 0 aromatic carbocycles. The fraction of sp³-hybridized carbons (Fsp3) is 0.400. The maximum atomic E-state index is 4.36. The van der Waals surface area contributed by atoms with Gasteiger partial charge < -0.3 is 9.88 Å². The molecule has 5 heteroatoms. The number of thiazole rings is 1. The fourth-order valence-electron chi connectivity index (χ4n) is 1.51. The number of nitrogens with one attached hydrogen (secondary N) is 1. The van der Waals surface area contributed by atoms with Crippen LogP contribution in [0.3, 0.4) is 0 Å². The number of hydrogen-bond donors (Lipinski definition) is 1. The summed E-state index contributed by atoms with van der Waals surface area (Å²) >= 11 is 1.64. The standard InChI is InChI=1S/C10H14N4S/c1-8-5-14(10(11-2)13-8)4-3-9-6-15-7-12-9/h5-7H,3-4H2,1-2H3,(H,11,13). The van der Waals surface area contributed by atoms with E-state index in [1.54, 1.807) is 11.3 Å². The molecule has 0 saturated carbocycles. The lowest BCUT2D eigenvalue weighted by atomic mass is 10.3. The van der Waals surface area contributed by atoms with Crippen LogP contribution in [0.15, 0.2) is 17.1 Å². The van der Waals surface area contributed by atoms with E-state index < -0.39 is 0 Å². The van der Waals surface area contributed by atoms with Crippen LogP contribution in [0.4, 0.5) is 5.95 Å². The quantitative estimate of drug-likeness (QED) is 0.859. The first-order valence-electron chi connectivity index (χ1n) is 4.88. The molecule has 4 nitrogen and oxygen atoms in total. The molecular weight excluding hydrogens is 208 g/mol. The third-order valence-electron chi connectivity index (χ3n) is 2.21. The molecule has 2 aromatic heterocycles. The van der Waals surface area contributed by atoms with Crippen molar-refractivity contribution in [3.05, 3.63) is 28.5 Å². The first-order valence-corrected chi connectivity index (χ1v) is 5.82. The van der Waals surface area contributed by atoms with E-state index >= 15 is 0 Å². The summed E-state index contributed by atoms with van der Waals surface area (Å²) in [5, 5.41) is 5.17. The van der Waals surface area contributed by atoms with E-state index in [4.69, 9.17) is 0 Å². The van der Waals surface area contributed by atoms with Crippen molar-refractivity contribution >= 4 is 17.3 Å². The number of nitrogens with zero attached hydrogens (tertiary/aromatic N) is 3. The van der Waals surface area contributed by atoms with E-state index in [1.165, 1.54) is 0 Å². The number of anilines is 1. The normalized spacial score (nSPS) is 10.5. The Kier molecular flexibility index (Phi) is 3.01. The van der Waals surface area contributed by atoms with E-state index in [2.05, 4.69) is 31.4 Å². The Balaban J connectivity index is 2.04. The number of hydrogen-bond acceptors (Lipinski definition) is 4. The first-order chi connectivity index (χ1) is 7.29. The summed E-state index contributed by atoms with van der Waals surface area (Å²) in [6.07, 6.45) is 3.01. The summed E-state index contributed by atoms with van der Waals surface area (Å²) in [4.78, 5) is 8.62. The van der Waals surface area contributed by atoms with E-state index in [1.807, 2.05) is 19.5 Å². The molecule has 1 N–H and O–H groups in total. The number of imidazole rings is 1. The van der Waals surface area contributed by atoms with Crippen LogP contribution in [-0.2, 0) is 13.0 Å². The summed E-state index contributed by atoms with van der Waals surface area (Å²) < 4.78 is 2.12. The second-order valence-electron chi connectivity index (χ2n) is 3.38. The molecule has 0 radical (unpaired) electrons. The smallest absolute Gasteiger partial charge is 0.202 e. The van der Waals surface area contributed by atoms with Gasteiger partial charge in [0, 0.05) is 31.6 Å². The molecule has 0 fully saturated rings. The molecule has 0 atom stereocenters. The molecule has 80 valence electrons. The fourth-order valence-corrected chi connectivity index (χ4v) is 2.11. The van der Waals surface area contributed by atoms with Gasteiger partial charge in [0.15, 0.2) is 0 Å². The van der Waals surface area contributed by atoms with Gasteiger partial charge in [-0.3, -0.25) is 0 Å². The van der Waals surface area contributed by atoms with E-state index in [0.717, 1.165) is 30.3 Å². The number of rotatable bonds is 4. The zero-order valence-electron chi connectivity index (χ0n) is 8.90. The van der Waals surface area contributed by atoms with Crippen molar-refractivity contribution < 1.29 is 0 Å². The molecule has 15 heavy (non-hydrogen) atoms. The highest BCUT2D eigenvalue weighted by Crippen LogP contribution is 2.10. The average molecular weight is 222 g/mol. The second kappa shape index (κ2) is 4.44. The summed E-state index contributed by atoms with van der Waals surface area (Å²) in [6, 6.07) is 0. The Morgan fingerprint density at radius 1 is 1.53 bits per heavy atom. The molecule has 2 heterocycles. The minimum Gasteiger partial charge on any atom is -0.359 e. The Labute approximate surface area is 93.0 Å². The third kappa shape index (κ3) is 2.36. The molecule has 2 aromatic rings.